The normalized spacial score (nSPS) is 16.2. The third-order valence-electron chi connectivity index (χ3n) is 4.68. The third kappa shape index (κ3) is 3.80. The van der Waals surface area contributed by atoms with Crippen LogP contribution in [-0.4, -0.2) is 22.1 Å². The van der Waals surface area contributed by atoms with Gasteiger partial charge in [-0.2, -0.15) is 0 Å². The van der Waals surface area contributed by atoms with E-state index in [0.717, 1.165) is 15.6 Å². The number of pyridine rings is 1. The number of halogens is 1. The Hall–Kier alpha value is -2.84. The Labute approximate surface area is 185 Å². The van der Waals surface area contributed by atoms with Crippen molar-refractivity contribution in [3.05, 3.63) is 95.3 Å². The highest BCUT2D eigenvalue weighted by Gasteiger charge is 2.33. The molecule has 152 valence electrons. The van der Waals surface area contributed by atoms with Crippen LogP contribution in [0.1, 0.15) is 31.0 Å². The number of aromatic nitrogens is 2. The van der Waals surface area contributed by atoms with Gasteiger partial charge in [0.05, 0.1) is 28.5 Å². The largest absolute Gasteiger partial charge is 0.463 e. The fourth-order valence-corrected chi connectivity index (χ4v) is 4.68. The molecule has 0 saturated heterocycles. The van der Waals surface area contributed by atoms with Crippen molar-refractivity contribution in [3.8, 4) is 0 Å². The molecule has 0 bridgehead atoms. The van der Waals surface area contributed by atoms with Crippen LogP contribution in [0.4, 0.5) is 0 Å². The summed E-state index contributed by atoms with van der Waals surface area (Å²) in [6.07, 6.45) is 5.17. The molecule has 0 spiro atoms. The molecule has 0 N–H and O–H groups in total. The van der Waals surface area contributed by atoms with Crippen LogP contribution in [0, 0.1) is 0 Å². The molecule has 3 aromatic rings. The van der Waals surface area contributed by atoms with E-state index in [1.165, 1.54) is 11.3 Å². The highest BCUT2D eigenvalue weighted by molar-refractivity contribution is 9.10. The molecule has 1 aromatic carbocycles. The van der Waals surface area contributed by atoms with Crippen LogP contribution in [0.15, 0.2) is 74.3 Å². The van der Waals surface area contributed by atoms with Gasteiger partial charge in [0.2, 0.25) is 0 Å². The topological polar surface area (TPSA) is 73.6 Å². The summed E-state index contributed by atoms with van der Waals surface area (Å²) in [4.78, 5) is 35.4. The van der Waals surface area contributed by atoms with E-state index in [1.54, 1.807) is 36.9 Å². The van der Waals surface area contributed by atoms with E-state index in [-0.39, 0.29) is 12.2 Å². The number of ether oxygens (including phenoxy) is 1. The maximum absolute atomic E-state index is 13.4. The number of fused-ring (bicyclic) bond motifs is 1. The second-order valence-electron chi connectivity index (χ2n) is 6.64. The second-order valence-corrected chi connectivity index (χ2v) is 8.56. The molecule has 0 aliphatic carbocycles. The molecule has 0 saturated carbocycles. The van der Waals surface area contributed by atoms with Crippen molar-refractivity contribution >= 4 is 39.3 Å². The van der Waals surface area contributed by atoms with Crippen molar-refractivity contribution in [1.29, 1.82) is 0 Å². The van der Waals surface area contributed by atoms with E-state index in [0.29, 0.717) is 20.6 Å². The number of hydrogen-bond acceptors (Lipinski definition) is 6. The predicted octanol–water partition coefficient (Wildman–Crippen LogP) is 2.96. The van der Waals surface area contributed by atoms with Gasteiger partial charge in [0.25, 0.3) is 5.56 Å². The van der Waals surface area contributed by atoms with Crippen molar-refractivity contribution in [3.63, 3.8) is 0 Å². The lowest BCUT2D eigenvalue weighted by Crippen LogP contribution is -2.39. The Morgan fingerprint density at radius 2 is 2.07 bits per heavy atom. The Kier molecular flexibility index (Phi) is 5.78. The molecular weight excluding hydrogens is 466 g/mol. The molecule has 1 aliphatic heterocycles. The van der Waals surface area contributed by atoms with Gasteiger partial charge in [-0.1, -0.05) is 45.5 Å². The van der Waals surface area contributed by atoms with E-state index < -0.39 is 12.0 Å². The van der Waals surface area contributed by atoms with Gasteiger partial charge in [0.1, 0.15) is 0 Å². The molecule has 6 nitrogen and oxygen atoms in total. The monoisotopic (exact) mass is 483 g/mol. The van der Waals surface area contributed by atoms with E-state index in [2.05, 4.69) is 25.9 Å². The first-order valence-electron chi connectivity index (χ1n) is 9.34. The minimum absolute atomic E-state index is 0.204. The van der Waals surface area contributed by atoms with Gasteiger partial charge in [0, 0.05) is 16.9 Å². The number of thiazole rings is 1. The number of carbonyl (C=O) groups excluding carboxylic acids is 1. The molecule has 8 heteroatoms. The van der Waals surface area contributed by atoms with Crippen LogP contribution in [-0.2, 0) is 9.53 Å². The zero-order valence-corrected chi connectivity index (χ0v) is 18.7. The zero-order chi connectivity index (χ0) is 21.3. The number of nitrogens with zero attached hydrogens (tertiary/aromatic N) is 3. The van der Waals surface area contributed by atoms with Gasteiger partial charge in [-0.05, 0) is 49.2 Å². The Morgan fingerprint density at radius 1 is 1.30 bits per heavy atom. The lowest BCUT2D eigenvalue weighted by atomic mass is 9.96. The highest BCUT2D eigenvalue weighted by atomic mass is 79.9. The van der Waals surface area contributed by atoms with Gasteiger partial charge in [-0.25, -0.2) is 9.79 Å². The van der Waals surface area contributed by atoms with E-state index >= 15 is 0 Å². The average Bonchev–Trinajstić information content (AvgIpc) is 3.03. The number of allylic oxidation sites excluding steroid dienone is 1. The van der Waals surface area contributed by atoms with Gasteiger partial charge in [-0.15, -0.1) is 0 Å². The first kappa shape index (κ1) is 20.4. The number of benzene rings is 1. The van der Waals surface area contributed by atoms with Gasteiger partial charge < -0.3 is 4.74 Å². The van der Waals surface area contributed by atoms with Crippen LogP contribution < -0.4 is 14.9 Å². The number of carbonyl (C=O) groups is 1. The van der Waals surface area contributed by atoms with Crippen molar-refractivity contribution < 1.29 is 9.53 Å². The van der Waals surface area contributed by atoms with Crippen molar-refractivity contribution in [2.24, 2.45) is 4.99 Å². The SMILES string of the molecule is CCOC(=O)C1=C(C)N=c2s/c(=C/c3cccnc3)c(=O)n2[C@H]1c1ccc(Br)cc1. The van der Waals surface area contributed by atoms with Crippen LogP contribution in [0.2, 0.25) is 0 Å². The second kappa shape index (κ2) is 8.49. The molecule has 30 heavy (non-hydrogen) atoms. The van der Waals surface area contributed by atoms with E-state index in [4.69, 9.17) is 4.74 Å². The lowest BCUT2D eigenvalue weighted by molar-refractivity contribution is -0.139. The first-order chi connectivity index (χ1) is 14.5. The summed E-state index contributed by atoms with van der Waals surface area (Å²) < 4.78 is 8.31. The number of esters is 1. The van der Waals surface area contributed by atoms with Crippen molar-refractivity contribution in [2.75, 3.05) is 6.61 Å². The smallest absolute Gasteiger partial charge is 0.338 e. The number of rotatable bonds is 4. The van der Waals surface area contributed by atoms with Crippen molar-refractivity contribution in [2.45, 2.75) is 19.9 Å². The van der Waals surface area contributed by atoms with Crippen molar-refractivity contribution in [1.82, 2.24) is 9.55 Å². The minimum Gasteiger partial charge on any atom is -0.463 e. The maximum atomic E-state index is 13.4. The summed E-state index contributed by atoms with van der Waals surface area (Å²) in [5, 5.41) is 0. The molecule has 0 unspecified atom stereocenters. The zero-order valence-electron chi connectivity index (χ0n) is 16.3. The first-order valence-corrected chi connectivity index (χ1v) is 11.0. The van der Waals surface area contributed by atoms with E-state index in [1.807, 2.05) is 36.4 Å². The molecular formula is C22H18BrN3O3S. The number of hydrogen-bond donors (Lipinski definition) is 0. The summed E-state index contributed by atoms with van der Waals surface area (Å²) in [6, 6.07) is 10.7. The van der Waals surface area contributed by atoms with E-state index in [9.17, 15) is 9.59 Å². The molecule has 0 radical (unpaired) electrons. The molecule has 0 fully saturated rings. The molecule has 3 heterocycles. The Bertz CT molecular complexity index is 1310. The maximum Gasteiger partial charge on any atom is 0.338 e. The minimum atomic E-state index is -0.607. The van der Waals surface area contributed by atoms with Crippen LogP contribution in [0.25, 0.3) is 6.08 Å². The summed E-state index contributed by atoms with van der Waals surface area (Å²) in [7, 11) is 0. The van der Waals surface area contributed by atoms with Gasteiger partial charge in [0.15, 0.2) is 4.80 Å². The summed E-state index contributed by atoms with van der Waals surface area (Å²) in [5.41, 5.74) is 2.36. The summed E-state index contributed by atoms with van der Waals surface area (Å²) in [5.74, 6) is -0.465. The van der Waals surface area contributed by atoms with Gasteiger partial charge in [-0.3, -0.25) is 14.3 Å². The average molecular weight is 484 g/mol. The lowest BCUT2D eigenvalue weighted by Gasteiger charge is -2.24. The fourth-order valence-electron chi connectivity index (χ4n) is 3.36. The molecule has 1 aliphatic rings. The highest BCUT2D eigenvalue weighted by Crippen LogP contribution is 2.31. The molecule has 4 rings (SSSR count). The summed E-state index contributed by atoms with van der Waals surface area (Å²) >= 11 is 4.73. The van der Waals surface area contributed by atoms with Crippen LogP contribution in [0.5, 0.6) is 0 Å². The quantitative estimate of drug-likeness (QED) is 0.534. The molecule has 0 amide bonds. The molecule has 1 atom stereocenters. The summed E-state index contributed by atoms with van der Waals surface area (Å²) in [6.45, 7) is 3.77. The fraction of sp³-hybridized carbons (Fsp3) is 0.182. The third-order valence-corrected chi connectivity index (χ3v) is 6.20. The predicted molar refractivity (Wildman–Crippen MR) is 119 cm³/mol. The molecule has 2 aromatic heterocycles. The van der Waals surface area contributed by atoms with Crippen LogP contribution >= 0.6 is 27.3 Å². The standard InChI is InChI=1S/C22H18BrN3O3S/c1-3-29-21(28)18-13(2)25-22-26(19(18)15-6-8-16(23)9-7-15)20(27)17(30-22)11-14-5-4-10-24-12-14/h4-12,19H,3H2,1-2H3/b17-11+/t19-/m0/s1. The van der Waals surface area contributed by atoms with Gasteiger partial charge >= 0.3 is 5.97 Å². The Balaban J connectivity index is 1.96. The Morgan fingerprint density at radius 3 is 2.73 bits per heavy atom. The van der Waals surface area contributed by atoms with Crippen LogP contribution in [0.3, 0.4) is 0 Å².